The highest BCUT2D eigenvalue weighted by Gasteiger charge is 2.20. The first-order valence-corrected chi connectivity index (χ1v) is 9.68. The van der Waals surface area contributed by atoms with E-state index in [4.69, 9.17) is 20.8 Å². The molecule has 4 rings (SSSR count). The Morgan fingerprint density at radius 2 is 2.21 bits per heavy atom. The summed E-state index contributed by atoms with van der Waals surface area (Å²) in [5, 5.41) is 4.24. The van der Waals surface area contributed by atoms with Crippen molar-refractivity contribution in [2.45, 2.75) is 26.5 Å². The van der Waals surface area contributed by atoms with Crippen LogP contribution in [-0.2, 0) is 11.3 Å². The number of halogens is 1. The SMILES string of the molecule is Cc1c(C(=O)NCc2ccc(N3CCOC(C)C3)nc2)oc2c(Cl)cccc12. The number of nitrogens with one attached hydrogen (secondary N) is 1. The summed E-state index contributed by atoms with van der Waals surface area (Å²) in [7, 11) is 0. The van der Waals surface area contributed by atoms with Crippen LogP contribution in [0, 0.1) is 6.92 Å². The van der Waals surface area contributed by atoms with Gasteiger partial charge in [-0.2, -0.15) is 0 Å². The molecule has 1 saturated heterocycles. The quantitative estimate of drug-likeness (QED) is 0.719. The molecule has 1 aromatic carbocycles. The molecule has 3 aromatic rings. The van der Waals surface area contributed by atoms with E-state index in [2.05, 4.69) is 22.1 Å². The highest BCUT2D eigenvalue weighted by atomic mass is 35.5. The third-order valence-electron chi connectivity index (χ3n) is 4.95. The average Bonchev–Trinajstić information content (AvgIpc) is 3.05. The first-order chi connectivity index (χ1) is 13.5. The molecule has 1 fully saturated rings. The van der Waals surface area contributed by atoms with E-state index in [9.17, 15) is 4.79 Å². The number of amides is 1. The predicted octanol–water partition coefficient (Wildman–Crippen LogP) is 3.94. The molecule has 0 aliphatic carbocycles. The second-order valence-electron chi connectivity index (χ2n) is 7.01. The van der Waals surface area contributed by atoms with E-state index in [1.807, 2.05) is 31.2 Å². The number of pyridine rings is 1. The number of hydrogen-bond donors (Lipinski definition) is 1. The van der Waals surface area contributed by atoms with Gasteiger partial charge in [-0.15, -0.1) is 0 Å². The Bertz CT molecular complexity index is 1000. The maximum absolute atomic E-state index is 12.6. The number of anilines is 1. The van der Waals surface area contributed by atoms with Crippen LogP contribution in [0.1, 0.15) is 28.6 Å². The molecular weight excluding hydrogens is 378 g/mol. The summed E-state index contributed by atoms with van der Waals surface area (Å²) in [6.07, 6.45) is 1.99. The van der Waals surface area contributed by atoms with Crippen molar-refractivity contribution in [3.8, 4) is 0 Å². The van der Waals surface area contributed by atoms with Crippen molar-refractivity contribution < 1.29 is 13.9 Å². The summed E-state index contributed by atoms with van der Waals surface area (Å²) in [5.41, 5.74) is 2.24. The van der Waals surface area contributed by atoms with Crippen molar-refractivity contribution in [3.63, 3.8) is 0 Å². The molecule has 7 heteroatoms. The molecule has 0 spiro atoms. The normalized spacial score (nSPS) is 17.1. The van der Waals surface area contributed by atoms with Crippen LogP contribution in [-0.4, -0.2) is 36.7 Å². The maximum atomic E-state index is 12.6. The summed E-state index contributed by atoms with van der Waals surface area (Å²) in [4.78, 5) is 19.3. The number of rotatable bonds is 4. The van der Waals surface area contributed by atoms with Crippen LogP contribution in [0.15, 0.2) is 40.9 Å². The molecule has 1 N–H and O–H groups in total. The summed E-state index contributed by atoms with van der Waals surface area (Å²) in [6.45, 7) is 6.66. The molecule has 0 radical (unpaired) electrons. The molecule has 1 amide bonds. The molecule has 0 bridgehead atoms. The minimum absolute atomic E-state index is 0.204. The number of carbonyl (C=O) groups excluding carboxylic acids is 1. The predicted molar refractivity (Wildman–Crippen MR) is 109 cm³/mol. The summed E-state index contributed by atoms with van der Waals surface area (Å²) < 4.78 is 11.3. The van der Waals surface area contributed by atoms with Crippen molar-refractivity contribution in [1.82, 2.24) is 10.3 Å². The van der Waals surface area contributed by atoms with E-state index in [0.29, 0.717) is 23.8 Å². The molecule has 1 atom stereocenters. The van der Waals surface area contributed by atoms with Gasteiger partial charge in [0.1, 0.15) is 5.82 Å². The molecule has 6 nitrogen and oxygen atoms in total. The van der Waals surface area contributed by atoms with Crippen LogP contribution in [0.4, 0.5) is 5.82 Å². The van der Waals surface area contributed by atoms with Gasteiger partial charge in [0.15, 0.2) is 11.3 Å². The molecule has 3 heterocycles. The van der Waals surface area contributed by atoms with E-state index in [1.54, 1.807) is 12.3 Å². The fourth-order valence-electron chi connectivity index (χ4n) is 3.42. The number of morpholine rings is 1. The number of carbonyl (C=O) groups is 1. The molecular formula is C21H22ClN3O3. The summed E-state index contributed by atoms with van der Waals surface area (Å²) in [6, 6.07) is 9.44. The van der Waals surface area contributed by atoms with Crippen LogP contribution in [0.5, 0.6) is 0 Å². The lowest BCUT2D eigenvalue weighted by Crippen LogP contribution is -2.41. The minimum atomic E-state index is -0.268. The van der Waals surface area contributed by atoms with Crippen molar-refractivity contribution in [3.05, 3.63) is 58.4 Å². The van der Waals surface area contributed by atoms with Gasteiger partial charge in [0, 0.05) is 36.8 Å². The van der Waals surface area contributed by atoms with E-state index in [-0.39, 0.29) is 17.8 Å². The fourth-order valence-corrected chi connectivity index (χ4v) is 3.64. The lowest BCUT2D eigenvalue weighted by atomic mass is 10.1. The lowest BCUT2D eigenvalue weighted by Gasteiger charge is -2.32. The van der Waals surface area contributed by atoms with Crippen LogP contribution < -0.4 is 10.2 Å². The lowest BCUT2D eigenvalue weighted by molar-refractivity contribution is 0.0529. The summed E-state index contributed by atoms with van der Waals surface area (Å²) >= 11 is 6.16. The zero-order chi connectivity index (χ0) is 19.7. The number of nitrogens with zero attached hydrogens (tertiary/aromatic N) is 2. The molecule has 2 aromatic heterocycles. The third-order valence-corrected chi connectivity index (χ3v) is 5.25. The molecule has 1 aliphatic heterocycles. The first-order valence-electron chi connectivity index (χ1n) is 9.30. The van der Waals surface area contributed by atoms with E-state index >= 15 is 0 Å². The van der Waals surface area contributed by atoms with Crippen molar-refractivity contribution in [2.24, 2.45) is 0 Å². The third kappa shape index (κ3) is 3.70. The number of hydrogen-bond acceptors (Lipinski definition) is 5. The Labute approximate surface area is 168 Å². The molecule has 28 heavy (non-hydrogen) atoms. The molecule has 1 aliphatic rings. The second kappa shape index (κ2) is 7.81. The number of aromatic nitrogens is 1. The van der Waals surface area contributed by atoms with Gasteiger partial charge in [-0.25, -0.2) is 4.98 Å². The van der Waals surface area contributed by atoms with Gasteiger partial charge in [0.05, 0.1) is 17.7 Å². The zero-order valence-corrected chi connectivity index (χ0v) is 16.6. The highest BCUT2D eigenvalue weighted by Crippen LogP contribution is 2.30. The zero-order valence-electron chi connectivity index (χ0n) is 15.9. The van der Waals surface area contributed by atoms with E-state index in [1.165, 1.54) is 0 Å². The topological polar surface area (TPSA) is 67.6 Å². The van der Waals surface area contributed by atoms with Gasteiger partial charge in [-0.05, 0) is 31.5 Å². The van der Waals surface area contributed by atoms with Gasteiger partial charge >= 0.3 is 0 Å². The summed E-state index contributed by atoms with van der Waals surface area (Å²) in [5.74, 6) is 0.943. The Morgan fingerprint density at radius 3 is 2.93 bits per heavy atom. The monoisotopic (exact) mass is 399 g/mol. The van der Waals surface area contributed by atoms with Gasteiger partial charge in [-0.1, -0.05) is 29.8 Å². The first kappa shape index (κ1) is 18.8. The maximum Gasteiger partial charge on any atom is 0.287 e. The minimum Gasteiger partial charge on any atom is -0.449 e. The standard InChI is InChI=1S/C21H22ClN3O3/c1-13-12-25(8-9-27-13)18-7-6-15(10-23-18)11-24-21(26)19-14(2)16-4-3-5-17(22)20(16)28-19/h3-7,10,13H,8-9,11-12H2,1-2H3,(H,24,26). The number of para-hydroxylation sites is 1. The average molecular weight is 400 g/mol. The number of aryl methyl sites for hydroxylation is 1. The number of furan rings is 1. The smallest absolute Gasteiger partial charge is 0.287 e. The van der Waals surface area contributed by atoms with Crippen LogP contribution >= 0.6 is 11.6 Å². The highest BCUT2D eigenvalue weighted by molar-refractivity contribution is 6.35. The van der Waals surface area contributed by atoms with Gasteiger partial charge in [0.2, 0.25) is 0 Å². The second-order valence-corrected chi connectivity index (χ2v) is 7.41. The number of benzene rings is 1. The molecule has 1 unspecified atom stereocenters. The van der Waals surface area contributed by atoms with E-state index in [0.717, 1.165) is 35.4 Å². The van der Waals surface area contributed by atoms with Crippen LogP contribution in [0.3, 0.4) is 0 Å². The molecule has 0 saturated carbocycles. The Hall–Kier alpha value is -2.57. The van der Waals surface area contributed by atoms with Gasteiger partial charge in [0.25, 0.3) is 5.91 Å². The van der Waals surface area contributed by atoms with Crippen LogP contribution in [0.25, 0.3) is 11.0 Å². The Kier molecular flexibility index (Phi) is 5.24. The van der Waals surface area contributed by atoms with Crippen molar-refractivity contribution in [2.75, 3.05) is 24.6 Å². The van der Waals surface area contributed by atoms with Crippen LogP contribution in [0.2, 0.25) is 5.02 Å². The Morgan fingerprint density at radius 1 is 1.36 bits per heavy atom. The number of ether oxygens (including phenoxy) is 1. The fraction of sp³-hybridized carbons (Fsp3) is 0.333. The van der Waals surface area contributed by atoms with Crippen molar-refractivity contribution in [1.29, 1.82) is 0 Å². The van der Waals surface area contributed by atoms with E-state index < -0.39 is 0 Å². The van der Waals surface area contributed by atoms with Crippen molar-refractivity contribution >= 4 is 34.3 Å². The number of fused-ring (bicyclic) bond motifs is 1. The molecule has 146 valence electrons. The largest absolute Gasteiger partial charge is 0.449 e. The Balaban J connectivity index is 1.42. The van der Waals surface area contributed by atoms with Gasteiger partial charge < -0.3 is 19.4 Å². The van der Waals surface area contributed by atoms with Gasteiger partial charge in [-0.3, -0.25) is 4.79 Å².